The minimum atomic E-state index is -0.334. The van der Waals surface area contributed by atoms with Crippen LogP contribution in [0.4, 0.5) is 17.3 Å². The van der Waals surface area contributed by atoms with E-state index in [2.05, 4.69) is 25.8 Å². The third-order valence-electron chi connectivity index (χ3n) is 5.72. The van der Waals surface area contributed by atoms with Gasteiger partial charge in [0.2, 0.25) is 0 Å². The maximum absolute atomic E-state index is 12.7. The molecule has 11 heteroatoms. The van der Waals surface area contributed by atoms with Gasteiger partial charge in [0.05, 0.1) is 17.4 Å². The molecule has 0 saturated heterocycles. The molecule has 186 valence electrons. The number of benzene rings is 2. The maximum atomic E-state index is 12.7. The Morgan fingerprint density at radius 2 is 1.86 bits per heavy atom. The van der Waals surface area contributed by atoms with Crippen LogP contribution >= 0.6 is 0 Å². The van der Waals surface area contributed by atoms with Gasteiger partial charge in [-0.1, -0.05) is 12.1 Å². The number of fused-ring (bicyclic) bond motifs is 2. The molecule has 0 aliphatic rings. The van der Waals surface area contributed by atoms with E-state index in [0.29, 0.717) is 23.0 Å². The topological polar surface area (TPSA) is 167 Å². The van der Waals surface area contributed by atoms with Crippen molar-refractivity contribution < 1.29 is 4.79 Å². The van der Waals surface area contributed by atoms with E-state index >= 15 is 0 Å². The van der Waals surface area contributed by atoms with Crippen LogP contribution in [0.1, 0.15) is 10.5 Å². The monoisotopic (exact) mass is 494 g/mol. The molecule has 0 atom stereocenters. The van der Waals surface area contributed by atoms with E-state index < -0.39 is 0 Å². The summed E-state index contributed by atoms with van der Waals surface area (Å²) in [7, 11) is 3.85. The van der Waals surface area contributed by atoms with Gasteiger partial charge in [-0.05, 0) is 42.6 Å². The predicted octanol–water partition coefficient (Wildman–Crippen LogP) is 3.31. The van der Waals surface area contributed by atoms with Crippen LogP contribution < -0.4 is 27.0 Å². The first-order chi connectivity index (χ1) is 17.9. The molecule has 2 aromatic carbocycles. The highest BCUT2D eigenvalue weighted by Crippen LogP contribution is 2.27. The molecule has 5 aromatic rings. The Balaban J connectivity index is 1.47. The first-order valence-electron chi connectivity index (χ1n) is 11.4. The van der Waals surface area contributed by atoms with E-state index in [-0.39, 0.29) is 5.91 Å². The number of H-pyrrole nitrogens is 2. The second-order valence-electron chi connectivity index (χ2n) is 8.55. The fourth-order valence-corrected chi connectivity index (χ4v) is 3.85. The molecule has 0 fully saturated rings. The summed E-state index contributed by atoms with van der Waals surface area (Å²) in [6, 6.07) is 15.3. The first kappa shape index (κ1) is 23.4. The number of amides is 1. The molecule has 3 heterocycles. The SMILES string of the molecule is CN(C)c1cc(Nc2ccc3[nH]ncc3c2)nc(-c2ccc3cc(C(=O)NC(/C=C\N)=C/N)[nH]c3c2)n1. The smallest absolute Gasteiger partial charge is 0.272 e. The van der Waals surface area contributed by atoms with E-state index in [0.717, 1.165) is 38.9 Å². The van der Waals surface area contributed by atoms with Crippen molar-refractivity contribution in [3.8, 4) is 11.4 Å². The van der Waals surface area contributed by atoms with Crippen molar-refractivity contribution in [1.82, 2.24) is 30.5 Å². The minimum Gasteiger partial charge on any atom is -0.405 e. The number of allylic oxidation sites excluding steroid dienone is 1. The lowest BCUT2D eigenvalue weighted by molar-refractivity contribution is 0.0963. The molecule has 0 aliphatic heterocycles. The number of hydrogen-bond donors (Lipinski definition) is 6. The van der Waals surface area contributed by atoms with Crippen molar-refractivity contribution in [1.29, 1.82) is 0 Å². The predicted molar refractivity (Wildman–Crippen MR) is 146 cm³/mol. The molecule has 0 bridgehead atoms. The summed E-state index contributed by atoms with van der Waals surface area (Å²) in [4.78, 5) is 27.2. The van der Waals surface area contributed by atoms with Crippen LogP contribution in [0.5, 0.6) is 0 Å². The molecule has 3 aromatic heterocycles. The van der Waals surface area contributed by atoms with E-state index in [1.807, 2.05) is 61.5 Å². The lowest BCUT2D eigenvalue weighted by Gasteiger charge is -2.15. The van der Waals surface area contributed by atoms with Gasteiger partial charge in [0.15, 0.2) is 5.82 Å². The second kappa shape index (κ2) is 9.74. The van der Waals surface area contributed by atoms with E-state index in [9.17, 15) is 4.79 Å². The number of nitrogens with two attached hydrogens (primary N) is 2. The zero-order chi connectivity index (χ0) is 25.9. The van der Waals surface area contributed by atoms with Gasteiger partial charge in [0.25, 0.3) is 5.91 Å². The molecule has 0 radical (unpaired) electrons. The van der Waals surface area contributed by atoms with Crippen molar-refractivity contribution in [2.24, 2.45) is 11.5 Å². The summed E-state index contributed by atoms with van der Waals surface area (Å²) in [5.41, 5.74) is 15.1. The van der Waals surface area contributed by atoms with E-state index in [1.54, 1.807) is 12.3 Å². The number of carbonyl (C=O) groups excluding carboxylic acids is 1. The van der Waals surface area contributed by atoms with Gasteiger partial charge in [-0.3, -0.25) is 9.89 Å². The minimum absolute atomic E-state index is 0.334. The van der Waals surface area contributed by atoms with Crippen LogP contribution in [0.25, 0.3) is 33.2 Å². The Kier molecular flexibility index (Phi) is 6.17. The maximum Gasteiger partial charge on any atom is 0.272 e. The van der Waals surface area contributed by atoms with Crippen LogP contribution in [0, 0.1) is 0 Å². The molecular formula is C26H26N10O. The highest BCUT2D eigenvalue weighted by Gasteiger charge is 2.14. The Hall–Kier alpha value is -5.32. The molecule has 0 unspecified atom stereocenters. The quantitative estimate of drug-likeness (QED) is 0.187. The molecule has 0 aliphatic carbocycles. The van der Waals surface area contributed by atoms with Crippen molar-refractivity contribution in [2.45, 2.75) is 0 Å². The molecule has 11 nitrogen and oxygen atoms in total. The van der Waals surface area contributed by atoms with Gasteiger partial charge in [-0.25, -0.2) is 9.97 Å². The number of carbonyl (C=O) groups is 1. The largest absolute Gasteiger partial charge is 0.405 e. The summed E-state index contributed by atoms with van der Waals surface area (Å²) in [6.45, 7) is 0. The lowest BCUT2D eigenvalue weighted by Crippen LogP contribution is -2.23. The summed E-state index contributed by atoms with van der Waals surface area (Å²) >= 11 is 0. The fraction of sp³-hybridized carbons (Fsp3) is 0.0769. The average molecular weight is 495 g/mol. The highest BCUT2D eigenvalue weighted by atomic mass is 16.1. The van der Waals surface area contributed by atoms with Gasteiger partial charge in [-0.2, -0.15) is 5.10 Å². The Morgan fingerprint density at radius 1 is 1.00 bits per heavy atom. The van der Waals surface area contributed by atoms with Crippen molar-refractivity contribution in [3.63, 3.8) is 0 Å². The molecule has 0 saturated carbocycles. The third kappa shape index (κ3) is 4.91. The molecule has 5 rings (SSSR count). The van der Waals surface area contributed by atoms with Gasteiger partial charge in [-0.15, -0.1) is 0 Å². The van der Waals surface area contributed by atoms with Crippen molar-refractivity contribution in [2.75, 3.05) is 24.3 Å². The number of aromatic nitrogens is 5. The summed E-state index contributed by atoms with van der Waals surface area (Å²) < 4.78 is 0. The Bertz CT molecular complexity index is 1660. The van der Waals surface area contributed by atoms with Crippen LogP contribution in [-0.2, 0) is 0 Å². The number of nitrogens with one attached hydrogen (secondary N) is 4. The molecular weight excluding hydrogens is 468 g/mol. The van der Waals surface area contributed by atoms with Crippen LogP contribution in [0.2, 0.25) is 0 Å². The summed E-state index contributed by atoms with van der Waals surface area (Å²) in [6.07, 6.45) is 5.86. The molecule has 37 heavy (non-hydrogen) atoms. The van der Waals surface area contributed by atoms with Crippen molar-refractivity contribution in [3.05, 3.63) is 84.6 Å². The third-order valence-corrected chi connectivity index (χ3v) is 5.72. The lowest BCUT2D eigenvalue weighted by atomic mass is 10.1. The molecule has 8 N–H and O–H groups in total. The normalized spacial score (nSPS) is 11.9. The zero-order valence-electron chi connectivity index (χ0n) is 20.3. The molecule has 1 amide bonds. The average Bonchev–Trinajstić information content (AvgIpc) is 3.54. The van der Waals surface area contributed by atoms with Crippen LogP contribution in [0.3, 0.4) is 0 Å². The number of aromatic amines is 2. The molecule has 0 spiro atoms. The second-order valence-corrected chi connectivity index (χ2v) is 8.55. The van der Waals surface area contributed by atoms with Gasteiger partial charge in [0.1, 0.15) is 17.3 Å². The zero-order valence-corrected chi connectivity index (χ0v) is 20.3. The standard InChI is InChI=1S/C26H26N10O/c1-36(2)24-12-23(30-18-5-6-20-17(9-18)14-29-35-20)33-25(34-24)16-4-3-15-10-22(32-21(15)11-16)26(37)31-19(13-28)7-8-27/h3-14,32H,27-28H2,1-2H3,(H,29,35)(H,31,37)(H,30,33,34)/b8-7-,19-13+. The number of anilines is 3. The van der Waals surface area contributed by atoms with Gasteiger partial charge in [0, 0.05) is 53.9 Å². The number of hydrogen-bond acceptors (Lipinski definition) is 8. The first-order valence-corrected chi connectivity index (χ1v) is 11.4. The summed E-state index contributed by atoms with van der Waals surface area (Å²) in [5, 5.41) is 15.0. The Labute approximate surface area is 212 Å². The Morgan fingerprint density at radius 3 is 2.65 bits per heavy atom. The van der Waals surface area contributed by atoms with Crippen LogP contribution in [0.15, 0.2) is 78.9 Å². The number of nitrogens with zero attached hydrogens (tertiary/aromatic N) is 4. The van der Waals surface area contributed by atoms with Gasteiger partial charge < -0.3 is 32.0 Å². The van der Waals surface area contributed by atoms with Crippen molar-refractivity contribution >= 4 is 45.0 Å². The van der Waals surface area contributed by atoms with E-state index in [4.69, 9.17) is 21.4 Å². The van der Waals surface area contributed by atoms with Crippen LogP contribution in [-0.4, -0.2) is 45.2 Å². The highest BCUT2D eigenvalue weighted by molar-refractivity contribution is 5.99. The summed E-state index contributed by atoms with van der Waals surface area (Å²) in [5.74, 6) is 1.61. The number of rotatable bonds is 7. The fourth-order valence-electron chi connectivity index (χ4n) is 3.85. The van der Waals surface area contributed by atoms with E-state index in [1.165, 1.54) is 18.5 Å². The van der Waals surface area contributed by atoms with Gasteiger partial charge >= 0.3 is 0 Å².